The minimum Gasteiger partial charge on any atom is -0.207 e. The minimum absolute atomic E-state index is 0.316. The van der Waals surface area contributed by atoms with Crippen molar-refractivity contribution >= 4 is 32.4 Å². The smallest absolute Gasteiger partial charge is 0.207 e. The molecule has 1 saturated carbocycles. The van der Waals surface area contributed by atoms with Crippen molar-refractivity contribution in [2.75, 3.05) is 5.88 Å². The quantitative estimate of drug-likeness (QED) is 0.882. The van der Waals surface area contributed by atoms with Crippen LogP contribution in [0.4, 0.5) is 0 Å². The molecule has 2 aromatic rings. The van der Waals surface area contributed by atoms with Gasteiger partial charge in [-0.1, -0.05) is 36.4 Å². The summed E-state index contributed by atoms with van der Waals surface area (Å²) in [5, 5.41) is 1.66. The monoisotopic (exact) mass is 295 g/mol. The van der Waals surface area contributed by atoms with Gasteiger partial charge in [0.05, 0.1) is 4.90 Å². The summed E-state index contributed by atoms with van der Waals surface area (Å²) in [6.07, 6.45) is 1.61. The van der Waals surface area contributed by atoms with Crippen molar-refractivity contribution in [3.8, 4) is 0 Å². The first-order chi connectivity index (χ1) is 9.06. The van der Waals surface area contributed by atoms with Crippen LogP contribution in [0.3, 0.4) is 0 Å². The van der Waals surface area contributed by atoms with Crippen LogP contribution in [0.25, 0.3) is 10.8 Å². The largest absolute Gasteiger partial charge is 0.241 e. The van der Waals surface area contributed by atoms with E-state index in [1.54, 1.807) is 12.1 Å². The maximum atomic E-state index is 12.5. The Kier molecular flexibility index (Phi) is 3.04. The zero-order valence-electron chi connectivity index (χ0n) is 10.3. The number of halogens is 1. The average molecular weight is 296 g/mol. The lowest BCUT2D eigenvalue weighted by Gasteiger charge is -2.15. The molecule has 1 aliphatic rings. The zero-order valence-corrected chi connectivity index (χ0v) is 11.8. The summed E-state index contributed by atoms with van der Waals surface area (Å²) < 4.78 is 27.7. The molecule has 0 radical (unpaired) electrons. The van der Waals surface area contributed by atoms with Gasteiger partial charge in [0, 0.05) is 16.8 Å². The zero-order chi connectivity index (χ0) is 13.5. The minimum atomic E-state index is -3.53. The molecule has 5 heteroatoms. The molecule has 3 nitrogen and oxygen atoms in total. The molecule has 100 valence electrons. The maximum absolute atomic E-state index is 12.5. The molecule has 1 N–H and O–H groups in total. The van der Waals surface area contributed by atoms with Gasteiger partial charge in [-0.15, -0.1) is 11.6 Å². The predicted molar refractivity (Wildman–Crippen MR) is 77.0 cm³/mol. The number of rotatable bonds is 4. The van der Waals surface area contributed by atoms with Gasteiger partial charge in [0.1, 0.15) is 0 Å². The highest BCUT2D eigenvalue weighted by molar-refractivity contribution is 7.89. The van der Waals surface area contributed by atoms with Crippen LogP contribution in [0.15, 0.2) is 47.4 Å². The number of hydrogen-bond donors (Lipinski definition) is 1. The van der Waals surface area contributed by atoms with Crippen molar-refractivity contribution in [3.63, 3.8) is 0 Å². The first kappa shape index (κ1) is 12.9. The Labute approximate surface area is 117 Å². The molecular weight excluding hydrogens is 282 g/mol. The van der Waals surface area contributed by atoms with Gasteiger partial charge in [-0.3, -0.25) is 0 Å². The molecule has 19 heavy (non-hydrogen) atoms. The van der Waals surface area contributed by atoms with Crippen LogP contribution in [0.2, 0.25) is 0 Å². The van der Waals surface area contributed by atoms with Gasteiger partial charge in [0.25, 0.3) is 0 Å². The van der Waals surface area contributed by atoms with E-state index in [9.17, 15) is 8.42 Å². The maximum Gasteiger partial charge on any atom is 0.241 e. The fourth-order valence-electron chi connectivity index (χ4n) is 2.18. The number of hydrogen-bond acceptors (Lipinski definition) is 2. The molecule has 3 rings (SSSR count). The lowest BCUT2D eigenvalue weighted by molar-refractivity contribution is 0.560. The van der Waals surface area contributed by atoms with Gasteiger partial charge in [-0.05, 0) is 24.3 Å². The summed E-state index contributed by atoms with van der Waals surface area (Å²) in [7, 11) is -3.53. The van der Waals surface area contributed by atoms with E-state index >= 15 is 0 Å². The van der Waals surface area contributed by atoms with Crippen molar-refractivity contribution in [1.82, 2.24) is 4.72 Å². The average Bonchev–Trinajstić information content (AvgIpc) is 3.17. The van der Waals surface area contributed by atoms with Crippen LogP contribution in [-0.2, 0) is 10.0 Å². The third-order valence-corrected chi connectivity index (χ3v) is 5.65. The molecular formula is C14H14ClNO2S. The van der Waals surface area contributed by atoms with E-state index < -0.39 is 15.6 Å². The van der Waals surface area contributed by atoms with Crippen LogP contribution < -0.4 is 4.72 Å². The third kappa shape index (κ3) is 2.36. The normalized spacial score (nSPS) is 17.5. The van der Waals surface area contributed by atoms with Crippen LogP contribution in [0.1, 0.15) is 12.8 Å². The van der Waals surface area contributed by atoms with Gasteiger partial charge in [0.15, 0.2) is 0 Å². The second-order valence-electron chi connectivity index (χ2n) is 5.00. The fourth-order valence-corrected chi connectivity index (χ4v) is 4.29. The van der Waals surface area contributed by atoms with Crippen molar-refractivity contribution in [2.45, 2.75) is 23.3 Å². The SMILES string of the molecule is O=S(=O)(NC1(CCl)CC1)c1cccc2ccccc12. The van der Waals surface area contributed by atoms with Gasteiger partial charge < -0.3 is 0 Å². The van der Waals surface area contributed by atoms with E-state index in [2.05, 4.69) is 4.72 Å². The van der Waals surface area contributed by atoms with E-state index in [0.717, 1.165) is 23.6 Å². The first-order valence-electron chi connectivity index (χ1n) is 6.14. The molecule has 2 aromatic carbocycles. The summed E-state index contributed by atoms with van der Waals surface area (Å²) in [6.45, 7) is 0. The molecule has 0 unspecified atom stereocenters. The molecule has 1 aliphatic carbocycles. The van der Waals surface area contributed by atoms with E-state index in [4.69, 9.17) is 11.6 Å². The van der Waals surface area contributed by atoms with Gasteiger partial charge in [-0.25, -0.2) is 13.1 Å². The molecule has 0 spiro atoms. The Morgan fingerprint density at radius 1 is 1.11 bits per heavy atom. The number of sulfonamides is 1. The second-order valence-corrected chi connectivity index (χ2v) is 6.91. The van der Waals surface area contributed by atoms with Crippen molar-refractivity contribution < 1.29 is 8.42 Å². The predicted octanol–water partition coefficient (Wildman–Crippen LogP) is 2.89. The van der Waals surface area contributed by atoms with Gasteiger partial charge in [-0.2, -0.15) is 0 Å². The summed E-state index contributed by atoms with van der Waals surface area (Å²) in [5.74, 6) is 0.316. The van der Waals surface area contributed by atoms with Crippen LogP contribution in [0, 0.1) is 0 Å². The second kappa shape index (κ2) is 4.47. The summed E-state index contributed by atoms with van der Waals surface area (Å²) in [5.41, 5.74) is -0.433. The first-order valence-corrected chi connectivity index (χ1v) is 8.16. The highest BCUT2D eigenvalue weighted by Crippen LogP contribution is 2.38. The number of benzene rings is 2. The van der Waals surface area contributed by atoms with E-state index in [1.165, 1.54) is 0 Å². The molecule has 0 atom stereocenters. The molecule has 1 fully saturated rings. The van der Waals surface area contributed by atoms with Gasteiger partial charge in [0.2, 0.25) is 10.0 Å². The summed E-state index contributed by atoms with van der Waals surface area (Å²) in [4.78, 5) is 0.321. The lowest BCUT2D eigenvalue weighted by atomic mass is 10.1. The Bertz CT molecular complexity index is 718. The van der Waals surface area contributed by atoms with Crippen molar-refractivity contribution in [2.24, 2.45) is 0 Å². The summed E-state index contributed by atoms with van der Waals surface area (Å²) >= 11 is 5.84. The lowest BCUT2D eigenvalue weighted by Crippen LogP contribution is -2.38. The Hall–Kier alpha value is -1.10. The summed E-state index contributed by atoms with van der Waals surface area (Å²) in [6, 6.07) is 12.8. The Balaban J connectivity index is 2.08. The van der Waals surface area contributed by atoms with Gasteiger partial charge >= 0.3 is 0 Å². The van der Waals surface area contributed by atoms with Crippen LogP contribution in [0.5, 0.6) is 0 Å². The molecule has 0 aromatic heterocycles. The fraction of sp³-hybridized carbons (Fsp3) is 0.286. The highest BCUT2D eigenvalue weighted by Gasteiger charge is 2.45. The topological polar surface area (TPSA) is 46.2 Å². The standard InChI is InChI=1S/C14H14ClNO2S/c15-10-14(8-9-14)16-19(17,18)13-7-3-5-11-4-1-2-6-12(11)13/h1-7,16H,8-10H2. The van der Waals surface area contributed by atoms with E-state index in [1.807, 2.05) is 30.3 Å². The third-order valence-electron chi connectivity index (χ3n) is 3.50. The Morgan fingerprint density at radius 3 is 2.47 bits per heavy atom. The van der Waals surface area contributed by atoms with Crippen molar-refractivity contribution in [1.29, 1.82) is 0 Å². The van der Waals surface area contributed by atoms with Crippen LogP contribution in [-0.4, -0.2) is 19.8 Å². The molecule has 0 heterocycles. The van der Waals surface area contributed by atoms with Crippen molar-refractivity contribution in [3.05, 3.63) is 42.5 Å². The molecule has 0 amide bonds. The Morgan fingerprint density at radius 2 is 1.79 bits per heavy atom. The molecule has 0 bridgehead atoms. The molecule has 0 saturated heterocycles. The number of alkyl halides is 1. The van der Waals surface area contributed by atoms with Crippen LogP contribution >= 0.6 is 11.6 Å². The van der Waals surface area contributed by atoms with E-state index in [0.29, 0.717) is 10.8 Å². The van der Waals surface area contributed by atoms with E-state index in [-0.39, 0.29) is 0 Å². The molecule has 0 aliphatic heterocycles. The number of fused-ring (bicyclic) bond motifs is 1. The number of nitrogens with one attached hydrogen (secondary N) is 1. The highest BCUT2D eigenvalue weighted by atomic mass is 35.5.